The molecule has 1 aliphatic rings. The number of piperidine rings is 1. The average Bonchev–Trinajstić information content (AvgIpc) is 3.48. The Bertz CT molecular complexity index is 1110. The van der Waals surface area contributed by atoms with Crippen LogP contribution < -0.4 is 4.74 Å². The van der Waals surface area contributed by atoms with Crippen molar-refractivity contribution in [3.63, 3.8) is 0 Å². The van der Waals surface area contributed by atoms with Gasteiger partial charge < -0.3 is 14.7 Å². The van der Waals surface area contributed by atoms with E-state index in [9.17, 15) is 5.11 Å². The number of nitrogens with zero attached hydrogens (tertiary/aromatic N) is 1. The van der Waals surface area contributed by atoms with Gasteiger partial charge in [0.2, 0.25) is 0 Å². The highest BCUT2D eigenvalue weighted by Crippen LogP contribution is 2.41. The summed E-state index contributed by atoms with van der Waals surface area (Å²) in [5.41, 5.74) is 3.52. The fourth-order valence-corrected chi connectivity index (χ4v) is 5.91. The van der Waals surface area contributed by atoms with E-state index in [1.807, 2.05) is 36.4 Å². The number of likely N-dealkylation sites (tertiary alicyclic amines) is 1. The van der Waals surface area contributed by atoms with Crippen molar-refractivity contribution < 1.29 is 9.84 Å². The first kappa shape index (κ1) is 23.8. The lowest BCUT2D eigenvalue weighted by atomic mass is 9.72. The Kier molecular flexibility index (Phi) is 7.63. The molecule has 2 heterocycles. The summed E-state index contributed by atoms with van der Waals surface area (Å²) in [6, 6.07) is 30.9. The summed E-state index contributed by atoms with van der Waals surface area (Å²) in [6.45, 7) is 3.74. The number of hydrogen-bond acceptors (Lipinski definition) is 4. The number of thiophene rings is 1. The van der Waals surface area contributed by atoms with Gasteiger partial charge in [0.25, 0.3) is 0 Å². The molecule has 180 valence electrons. The monoisotopic (exact) mass is 483 g/mol. The molecule has 1 aliphatic heterocycles. The van der Waals surface area contributed by atoms with Gasteiger partial charge in [-0.2, -0.15) is 11.3 Å². The first-order chi connectivity index (χ1) is 17.2. The van der Waals surface area contributed by atoms with Crippen LogP contribution in [0.4, 0.5) is 0 Å². The molecule has 35 heavy (non-hydrogen) atoms. The van der Waals surface area contributed by atoms with E-state index in [-0.39, 0.29) is 5.92 Å². The van der Waals surface area contributed by atoms with Crippen molar-refractivity contribution in [2.24, 2.45) is 5.92 Å². The van der Waals surface area contributed by atoms with Gasteiger partial charge in [0.15, 0.2) is 0 Å². The zero-order valence-corrected chi connectivity index (χ0v) is 20.9. The number of benzene rings is 3. The smallest absolute Gasteiger partial charge is 0.119 e. The second-order valence-corrected chi connectivity index (χ2v) is 10.1. The molecular weight excluding hydrogens is 450 g/mol. The van der Waals surface area contributed by atoms with Crippen LogP contribution in [-0.2, 0) is 5.60 Å². The van der Waals surface area contributed by atoms with Crippen molar-refractivity contribution in [3.05, 3.63) is 113 Å². The van der Waals surface area contributed by atoms with Gasteiger partial charge in [0, 0.05) is 6.54 Å². The molecule has 0 bridgehead atoms. The first-order valence-corrected chi connectivity index (χ1v) is 13.5. The molecule has 0 unspecified atom stereocenters. The van der Waals surface area contributed by atoms with E-state index in [2.05, 4.69) is 70.3 Å². The Morgan fingerprint density at radius 3 is 2.00 bits per heavy atom. The summed E-state index contributed by atoms with van der Waals surface area (Å²) in [5, 5.41) is 16.3. The highest BCUT2D eigenvalue weighted by molar-refractivity contribution is 7.08. The van der Waals surface area contributed by atoms with Gasteiger partial charge in [-0.15, -0.1) is 0 Å². The van der Waals surface area contributed by atoms with Crippen LogP contribution in [0.1, 0.15) is 30.4 Å². The van der Waals surface area contributed by atoms with E-state index in [1.54, 1.807) is 11.3 Å². The zero-order chi connectivity index (χ0) is 23.9. The van der Waals surface area contributed by atoms with Crippen LogP contribution in [0.15, 0.2) is 102 Å². The van der Waals surface area contributed by atoms with E-state index in [1.165, 1.54) is 11.1 Å². The Morgan fingerprint density at radius 2 is 1.43 bits per heavy atom. The first-order valence-electron chi connectivity index (χ1n) is 12.5. The SMILES string of the molecule is OC(c1ccccc1)(c1ccccc1)C1CCN(CCCOc2ccc(-c3ccsc3)cc2)CC1. The quantitative estimate of drug-likeness (QED) is 0.265. The molecular formula is C31H33NO2S. The van der Waals surface area contributed by atoms with Crippen molar-refractivity contribution >= 4 is 11.3 Å². The third-order valence-corrected chi connectivity index (χ3v) is 7.89. The van der Waals surface area contributed by atoms with Gasteiger partial charge in [-0.1, -0.05) is 72.8 Å². The molecule has 3 aromatic carbocycles. The van der Waals surface area contributed by atoms with E-state index in [0.717, 1.165) is 62.4 Å². The number of rotatable bonds is 9. The third-order valence-electron chi connectivity index (χ3n) is 7.20. The number of hydrogen-bond donors (Lipinski definition) is 1. The Balaban J connectivity index is 1.12. The van der Waals surface area contributed by atoms with Crippen LogP contribution in [0.5, 0.6) is 5.75 Å². The molecule has 3 nitrogen and oxygen atoms in total. The Labute approximate surface area is 212 Å². The molecule has 0 aliphatic carbocycles. The second-order valence-electron chi connectivity index (χ2n) is 9.35. The van der Waals surface area contributed by atoms with Gasteiger partial charge >= 0.3 is 0 Å². The van der Waals surface area contributed by atoms with Crippen molar-refractivity contribution in [1.29, 1.82) is 0 Å². The molecule has 1 saturated heterocycles. The minimum absolute atomic E-state index is 0.196. The Morgan fingerprint density at radius 1 is 0.800 bits per heavy atom. The maximum atomic E-state index is 12.0. The third kappa shape index (κ3) is 5.51. The lowest BCUT2D eigenvalue weighted by Crippen LogP contribution is -2.44. The highest BCUT2D eigenvalue weighted by Gasteiger charge is 2.41. The molecule has 4 heteroatoms. The topological polar surface area (TPSA) is 32.7 Å². The molecule has 1 fully saturated rings. The van der Waals surface area contributed by atoms with Crippen LogP contribution in [-0.4, -0.2) is 36.2 Å². The highest BCUT2D eigenvalue weighted by atomic mass is 32.1. The van der Waals surface area contributed by atoms with Gasteiger partial charge in [-0.3, -0.25) is 0 Å². The maximum absolute atomic E-state index is 12.0. The van der Waals surface area contributed by atoms with Gasteiger partial charge in [0.1, 0.15) is 11.4 Å². The zero-order valence-electron chi connectivity index (χ0n) is 20.1. The largest absolute Gasteiger partial charge is 0.494 e. The molecule has 5 rings (SSSR count). The van der Waals surface area contributed by atoms with Crippen molar-refractivity contribution in [2.75, 3.05) is 26.2 Å². The van der Waals surface area contributed by atoms with Crippen molar-refractivity contribution in [2.45, 2.75) is 24.9 Å². The lowest BCUT2D eigenvalue weighted by Gasteiger charge is -2.42. The summed E-state index contributed by atoms with van der Waals surface area (Å²) < 4.78 is 6.00. The molecule has 0 spiro atoms. The standard InChI is InChI=1S/C31H33NO2S/c33-31(27-8-3-1-4-9-27,28-10-5-2-6-11-28)29-16-20-32(21-17-29)19-7-22-34-30-14-12-25(13-15-30)26-18-23-35-24-26/h1-6,8-15,18,23-24,29,33H,7,16-17,19-22H2. The fourth-order valence-electron chi connectivity index (χ4n) is 5.25. The van der Waals surface area contributed by atoms with E-state index in [0.29, 0.717) is 0 Å². The predicted octanol–water partition coefficient (Wildman–Crippen LogP) is 6.83. The predicted molar refractivity (Wildman–Crippen MR) is 145 cm³/mol. The van der Waals surface area contributed by atoms with Crippen LogP contribution >= 0.6 is 11.3 Å². The molecule has 4 aromatic rings. The molecule has 0 saturated carbocycles. The van der Waals surface area contributed by atoms with Crippen LogP contribution in [0.25, 0.3) is 11.1 Å². The van der Waals surface area contributed by atoms with Crippen molar-refractivity contribution in [1.82, 2.24) is 4.90 Å². The fraction of sp³-hybridized carbons (Fsp3) is 0.290. The van der Waals surface area contributed by atoms with Crippen LogP contribution in [0.2, 0.25) is 0 Å². The molecule has 0 atom stereocenters. The lowest BCUT2D eigenvalue weighted by molar-refractivity contribution is -0.0146. The second kappa shape index (κ2) is 11.2. The van der Waals surface area contributed by atoms with Crippen molar-refractivity contribution in [3.8, 4) is 16.9 Å². The van der Waals surface area contributed by atoms with Gasteiger partial charge in [-0.05, 0) is 89.5 Å². The summed E-state index contributed by atoms with van der Waals surface area (Å²) in [6.07, 6.45) is 2.95. The summed E-state index contributed by atoms with van der Waals surface area (Å²) >= 11 is 1.72. The minimum atomic E-state index is -0.951. The molecule has 0 amide bonds. The Hall–Kier alpha value is -2.92. The van der Waals surface area contributed by atoms with Gasteiger partial charge in [-0.25, -0.2) is 0 Å². The molecule has 0 radical (unpaired) electrons. The number of ether oxygens (including phenoxy) is 1. The summed E-state index contributed by atoms with van der Waals surface area (Å²) in [4.78, 5) is 2.51. The van der Waals surface area contributed by atoms with Crippen LogP contribution in [0.3, 0.4) is 0 Å². The molecule has 1 N–H and O–H groups in total. The maximum Gasteiger partial charge on any atom is 0.119 e. The number of aliphatic hydroxyl groups is 1. The summed E-state index contributed by atoms with van der Waals surface area (Å²) in [5.74, 6) is 1.13. The van der Waals surface area contributed by atoms with Crippen LogP contribution in [0, 0.1) is 5.92 Å². The van der Waals surface area contributed by atoms with Gasteiger partial charge in [0.05, 0.1) is 6.61 Å². The van der Waals surface area contributed by atoms with E-state index in [4.69, 9.17) is 4.74 Å². The minimum Gasteiger partial charge on any atom is -0.494 e. The normalized spacial score (nSPS) is 15.2. The van der Waals surface area contributed by atoms with E-state index >= 15 is 0 Å². The molecule has 1 aromatic heterocycles. The summed E-state index contributed by atoms with van der Waals surface area (Å²) in [7, 11) is 0. The van der Waals surface area contributed by atoms with E-state index < -0.39 is 5.60 Å². The average molecular weight is 484 g/mol.